The smallest absolute Gasteiger partial charge is 0.138 e. The van der Waals surface area contributed by atoms with Gasteiger partial charge in [-0.25, -0.2) is 4.98 Å². The van der Waals surface area contributed by atoms with Gasteiger partial charge in [0.2, 0.25) is 0 Å². The summed E-state index contributed by atoms with van der Waals surface area (Å²) < 4.78 is 0. The van der Waals surface area contributed by atoms with E-state index in [1.54, 1.807) is 24.2 Å². The fraction of sp³-hybridized carbons (Fsp3) is 0.100. The van der Waals surface area contributed by atoms with Gasteiger partial charge in [-0.05, 0) is 30.7 Å². The first-order chi connectivity index (χ1) is 12.2. The predicted octanol–water partition coefficient (Wildman–Crippen LogP) is 6.07. The Bertz CT molecular complexity index is 1010. The van der Waals surface area contributed by atoms with Crippen LogP contribution in [0.25, 0.3) is 22.3 Å². The quantitative estimate of drug-likeness (QED) is 0.598. The normalized spacial score (nSPS) is 14.3. The largest absolute Gasteiger partial charge is 0.338 e. The Hall–Kier alpha value is -2.30. The molecule has 1 aliphatic rings. The number of fused-ring (bicyclic) bond motifs is 1. The van der Waals surface area contributed by atoms with Crippen LogP contribution in [0.5, 0.6) is 0 Å². The van der Waals surface area contributed by atoms with Crippen molar-refractivity contribution in [1.29, 1.82) is 0 Å². The minimum absolute atomic E-state index is 0.648. The summed E-state index contributed by atoms with van der Waals surface area (Å²) in [6.07, 6.45) is 8.19. The van der Waals surface area contributed by atoms with Crippen LogP contribution in [0.4, 0.5) is 0 Å². The Labute approximate surface area is 155 Å². The lowest BCUT2D eigenvalue weighted by molar-refractivity contribution is 1.31. The van der Waals surface area contributed by atoms with Crippen molar-refractivity contribution >= 4 is 39.4 Å². The number of halogens is 1. The number of hydrogen-bond donors (Lipinski definition) is 1. The third-order valence-corrected chi connectivity index (χ3v) is 5.34. The molecule has 1 N–H and O–H groups in total. The lowest BCUT2D eigenvalue weighted by atomic mass is 10.1. The van der Waals surface area contributed by atoms with Gasteiger partial charge in [0.1, 0.15) is 5.65 Å². The molecule has 25 heavy (non-hydrogen) atoms. The zero-order valence-corrected chi connectivity index (χ0v) is 15.2. The van der Waals surface area contributed by atoms with E-state index >= 15 is 0 Å². The number of aryl methyl sites for hydroxylation is 1. The molecule has 3 nitrogen and oxygen atoms in total. The lowest BCUT2D eigenvalue weighted by Gasteiger charge is -2.06. The SMILES string of the molecule is Cc1ccc(-c2[nH]c3ncccc3c2SC2=NC=C(Cl)C=CC2)cc1. The van der Waals surface area contributed by atoms with Gasteiger partial charge in [0, 0.05) is 29.1 Å². The number of aliphatic imine (C=N–C) groups is 1. The highest BCUT2D eigenvalue weighted by molar-refractivity contribution is 8.14. The first-order valence-corrected chi connectivity index (χ1v) is 9.20. The molecular weight excluding hydrogens is 350 g/mol. The Kier molecular flexibility index (Phi) is 4.47. The second kappa shape index (κ2) is 6.90. The lowest BCUT2D eigenvalue weighted by Crippen LogP contribution is -1.90. The summed E-state index contributed by atoms with van der Waals surface area (Å²) >= 11 is 7.71. The van der Waals surface area contributed by atoms with E-state index in [0.717, 1.165) is 38.7 Å². The second-order valence-corrected chi connectivity index (χ2v) is 7.36. The van der Waals surface area contributed by atoms with Gasteiger partial charge in [0.25, 0.3) is 0 Å². The Morgan fingerprint density at radius 3 is 2.84 bits per heavy atom. The average molecular weight is 366 g/mol. The highest BCUT2D eigenvalue weighted by Gasteiger charge is 2.16. The topological polar surface area (TPSA) is 41.0 Å². The first kappa shape index (κ1) is 16.2. The Morgan fingerprint density at radius 1 is 1.16 bits per heavy atom. The molecule has 0 saturated heterocycles. The van der Waals surface area contributed by atoms with Crippen molar-refractivity contribution in [1.82, 2.24) is 9.97 Å². The maximum absolute atomic E-state index is 6.05. The van der Waals surface area contributed by atoms with Crippen LogP contribution in [0.2, 0.25) is 0 Å². The van der Waals surface area contributed by atoms with Crippen LogP contribution in [0.1, 0.15) is 12.0 Å². The fourth-order valence-corrected chi connectivity index (χ4v) is 3.92. The fourth-order valence-electron chi connectivity index (χ4n) is 2.72. The van der Waals surface area contributed by atoms with Crippen LogP contribution in [0, 0.1) is 6.92 Å². The van der Waals surface area contributed by atoms with Gasteiger partial charge in [-0.15, -0.1) is 0 Å². The van der Waals surface area contributed by atoms with Gasteiger partial charge in [0.15, 0.2) is 0 Å². The van der Waals surface area contributed by atoms with Crippen LogP contribution < -0.4 is 0 Å². The molecule has 2 aromatic heterocycles. The van der Waals surface area contributed by atoms with Gasteiger partial charge in [-0.2, -0.15) is 0 Å². The van der Waals surface area contributed by atoms with Crippen molar-refractivity contribution in [2.75, 3.05) is 0 Å². The minimum Gasteiger partial charge on any atom is -0.338 e. The van der Waals surface area contributed by atoms with Crippen LogP contribution in [0.15, 0.2) is 75.9 Å². The number of aromatic nitrogens is 2. The van der Waals surface area contributed by atoms with Gasteiger partial charge in [0.05, 0.1) is 15.8 Å². The van der Waals surface area contributed by atoms with Crippen molar-refractivity contribution in [3.63, 3.8) is 0 Å². The van der Waals surface area contributed by atoms with E-state index in [-0.39, 0.29) is 0 Å². The van der Waals surface area contributed by atoms with E-state index in [1.807, 2.05) is 18.2 Å². The Balaban J connectivity index is 1.82. The van der Waals surface area contributed by atoms with Gasteiger partial charge in [-0.1, -0.05) is 59.3 Å². The number of nitrogens with zero attached hydrogens (tertiary/aromatic N) is 2. The van der Waals surface area contributed by atoms with Crippen LogP contribution in [-0.2, 0) is 0 Å². The molecule has 0 bridgehead atoms. The van der Waals surface area contributed by atoms with E-state index in [1.165, 1.54) is 5.56 Å². The molecule has 0 saturated carbocycles. The average Bonchev–Trinajstić information content (AvgIpc) is 2.85. The summed E-state index contributed by atoms with van der Waals surface area (Å²) in [7, 11) is 0. The number of thioether (sulfide) groups is 1. The molecule has 0 amide bonds. The number of rotatable bonds is 2. The molecule has 3 aromatic rings. The maximum Gasteiger partial charge on any atom is 0.138 e. The van der Waals surface area contributed by atoms with Gasteiger partial charge < -0.3 is 4.98 Å². The molecule has 124 valence electrons. The van der Waals surface area contributed by atoms with Crippen molar-refractivity contribution in [3.8, 4) is 11.3 Å². The summed E-state index contributed by atoms with van der Waals surface area (Å²) in [6, 6.07) is 12.6. The number of H-pyrrole nitrogens is 1. The summed E-state index contributed by atoms with van der Waals surface area (Å²) in [5.41, 5.74) is 4.35. The molecule has 5 heteroatoms. The van der Waals surface area contributed by atoms with Crippen LogP contribution in [0.3, 0.4) is 0 Å². The number of pyridine rings is 1. The monoisotopic (exact) mass is 365 g/mol. The predicted molar refractivity (Wildman–Crippen MR) is 107 cm³/mol. The van der Waals surface area contributed by atoms with E-state index in [4.69, 9.17) is 11.6 Å². The molecular formula is C20H16ClN3S. The van der Waals surface area contributed by atoms with Crippen LogP contribution in [-0.4, -0.2) is 15.0 Å². The van der Waals surface area contributed by atoms with E-state index < -0.39 is 0 Å². The van der Waals surface area contributed by atoms with Gasteiger partial charge >= 0.3 is 0 Å². The highest BCUT2D eigenvalue weighted by Crippen LogP contribution is 2.38. The molecule has 0 atom stereocenters. The summed E-state index contributed by atoms with van der Waals surface area (Å²) in [6.45, 7) is 2.09. The number of aromatic amines is 1. The van der Waals surface area contributed by atoms with Gasteiger partial charge in [-0.3, -0.25) is 4.99 Å². The van der Waals surface area contributed by atoms with E-state index in [2.05, 4.69) is 52.2 Å². The summed E-state index contributed by atoms with van der Waals surface area (Å²) in [5, 5.41) is 2.76. The highest BCUT2D eigenvalue weighted by atomic mass is 35.5. The number of hydrogen-bond acceptors (Lipinski definition) is 3. The molecule has 0 aliphatic carbocycles. The molecule has 3 heterocycles. The molecule has 1 aliphatic heterocycles. The third-order valence-electron chi connectivity index (χ3n) is 3.98. The molecule has 0 radical (unpaired) electrons. The van der Waals surface area contributed by atoms with Crippen molar-refractivity contribution < 1.29 is 0 Å². The minimum atomic E-state index is 0.648. The second-order valence-electron chi connectivity index (χ2n) is 5.84. The van der Waals surface area contributed by atoms with Crippen molar-refractivity contribution in [3.05, 3.63) is 71.5 Å². The number of benzene rings is 1. The molecule has 0 unspecified atom stereocenters. The third kappa shape index (κ3) is 3.41. The molecule has 1 aromatic carbocycles. The van der Waals surface area contributed by atoms with Crippen LogP contribution >= 0.6 is 23.4 Å². The maximum atomic E-state index is 6.05. The van der Waals surface area contributed by atoms with Crippen molar-refractivity contribution in [2.24, 2.45) is 4.99 Å². The molecule has 4 rings (SSSR count). The zero-order valence-electron chi connectivity index (χ0n) is 13.7. The summed E-state index contributed by atoms with van der Waals surface area (Å²) in [5.74, 6) is 0. The van der Waals surface area contributed by atoms with E-state index in [0.29, 0.717) is 5.03 Å². The first-order valence-electron chi connectivity index (χ1n) is 8.01. The standard InChI is InChI=1S/C20H16ClN3S/c1-13-7-9-14(10-8-13)18-19(16-5-3-11-22-20(16)24-18)25-17-6-2-4-15(21)12-23-17/h2-5,7-12H,6H2,1H3,(H,22,24). The summed E-state index contributed by atoms with van der Waals surface area (Å²) in [4.78, 5) is 13.6. The molecule has 0 spiro atoms. The Morgan fingerprint density at radius 2 is 2.00 bits per heavy atom. The van der Waals surface area contributed by atoms with Crippen molar-refractivity contribution in [2.45, 2.75) is 18.2 Å². The van der Waals surface area contributed by atoms with E-state index in [9.17, 15) is 0 Å². The zero-order chi connectivity index (χ0) is 17.2. The molecule has 0 fully saturated rings. The number of allylic oxidation sites excluding steroid dienone is 3. The number of nitrogens with one attached hydrogen (secondary N) is 1.